The highest BCUT2D eigenvalue weighted by Gasteiger charge is 2.29. The number of hydrogen-bond acceptors (Lipinski definition) is 3. The van der Waals surface area contributed by atoms with Gasteiger partial charge in [0.05, 0.1) is 28.2 Å². The number of nitrogens with zero attached hydrogens (tertiary/aromatic N) is 3. The molecule has 152 valence electrons. The van der Waals surface area contributed by atoms with Crippen molar-refractivity contribution in [3.05, 3.63) is 86.3 Å². The Bertz CT molecular complexity index is 1290. The Balaban J connectivity index is 1.75. The van der Waals surface area contributed by atoms with Gasteiger partial charge in [0.2, 0.25) is 0 Å². The van der Waals surface area contributed by atoms with Crippen LogP contribution in [0.2, 0.25) is 0 Å². The predicted octanol–water partition coefficient (Wildman–Crippen LogP) is 4.21. The molecule has 6 nitrogen and oxygen atoms in total. The molecule has 6 heteroatoms. The maximum absolute atomic E-state index is 13.1. The fourth-order valence-electron chi connectivity index (χ4n) is 3.57. The van der Waals surface area contributed by atoms with Crippen molar-refractivity contribution in [2.75, 3.05) is 5.01 Å². The van der Waals surface area contributed by atoms with Crippen molar-refractivity contribution in [2.24, 2.45) is 5.10 Å². The molecule has 4 rings (SSSR count). The van der Waals surface area contributed by atoms with E-state index >= 15 is 0 Å². The van der Waals surface area contributed by atoms with Crippen LogP contribution in [-0.4, -0.2) is 21.4 Å². The molecule has 0 fully saturated rings. The Labute approximate surface area is 175 Å². The predicted molar refractivity (Wildman–Crippen MR) is 120 cm³/mol. The normalized spacial score (nSPS) is 15.2. The summed E-state index contributed by atoms with van der Waals surface area (Å²) in [4.78, 5) is 26.2. The number of benzene rings is 2. The molecule has 0 atom stereocenters. The van der Waals surface area contributed by atoms with E-state index in [4.69, 9.17) is 0 Å². The smallest absolute Gasteiger partial charge is 0.280 e. The van der Waals surface area contributed by atoms with Gasteiger partial charge in [-0.15, -0.1) is 0 Å². The molecule has 0 saturated heterocycles. The average Bonchev–Trinajstić information content (AvgIpc) is 3.15. The van der Waals surface area contributed by atoms with Gasteiger partial charge in [0.25, 0.3) is 11.5 Å². The van der Waals surface area contributed by atoms with Crippen molar-refractivity contribution in [1.82, 2.24) is 9.78 Å². The van der Waals surface area contributed by atoms with Gasteiger partial charge >= 0.3 is 0 Å². The largest absolute Gasteiger partial charge is 0.295 e. The summed E-state index contributed by atoms with van der Waals surface area (Å²) in [5, 5.41) is 8.96. The number of hydrogen-bond donors (Lipinski definition) is 1. The molecule has 0 saturated carbocycles. The van der Waals surface area contributed by atoms with Gasteiger partial charge in [-0.1, -0.05) is 24.3 Å². The van der Waals surface area contributed by atoms with E-state index in [9.17, 15) is 9.59 Å². The van der Waals surface area contributed by atoms with Crippen molar-refractivity contribution in [3.8, 4) is 5.69 Å². The number of anilines is 1. The fourth-order valence-corrected chi connectivity index (χ4v) is 3.57. The van der Waals surface area contributed by atoms with E-state index in [-0.39, 0.29) is 11.5 Å². The highest BCUT2D eigenvalue weighted by Crippen LogP contribution is 2.26. The molecule has 2 heterocycles. The zero-order valence-electron chi connectivity index (χ0n) is 17.8. The molecule has 2 aromatic carbocycles. The van der Waals surface area contributed by atoms with Crippen molar-refractivity contribution in [3.63, 3.8) is 0 Å². The standard InChI is InChI=1S/C24H24N4O2/c1-14-10-11-19(12-16(14)3)27-23(29)20(17(4)25-27)13-21-18(5)26-28(24(21)30)22-9-7-6-8-15(22)2/h6-13,26H,1-5H3/b20-13-. The zero-order chi connectivity index (χ0) is 21.6. The van der Waals surface area contributed by atoms with E-state index in [1.54, 1.807) is 13.0 Å². The molecule has 0 radical (unpaired) electrons. The summed E-state index contributed by atoms with van der Waals surface area (Å²) in [6, 6.07) is 13.5. The third-order valence-electron chi connectivity index (χ3n) is 5.56. The molecule has 1 aliphatic rings. The quantitative estimate of drug-likeness (QED) is 0.669. The molecule has 30 heavy (non-hydrogen) atoms. The minimum Gasteiger partial charge on any atom is -0.295 e. The van der Waals surface area contributed by atoms with E-state index in [0.717, 1.165) is 22.4 Å². The summed E-state index contributed by atoms with van der Waals surface area (Å²) in [6.45, 7) is 9.60. The fraction of sp³-hybridized carbons (Fsp3) is 0.208. The second-order valence-electron chi connectivity index (χ2n) is 7.71. The van der Waals surface area contributed by atoms with Crippen molar-refractivity contribution in [1.29, 1.82) is 0 Å². The Morgan fingerprint density at radius 1 is 0.900 bits per heavy atom. The lowest BCUT2D eigenvalue weighted by molar-refractivity contribution is -0.114. The molecular weight excluding hydrogens is 376 g/mol. The Hall–Kier alpha value is -3.67. The molecule has 1 aliphatic heterocycles. The molecule has 1 amide bonds. The molecule has 0 unspecified atom stereocenters. The van der Waals surface area contributed by atoms with Crippen molar-refractivity contribution in [2.45, 2.75) is 34.6 Å². The SMILES string of the molecule is CC1=NN(c2ccc(C)c(C)c2)C(=O)/C1=C\c1c(C)[nH]n(-c2ccccc2C)c1=O. The third-order valence-corrected chi connectivity index (χ3v) is 5.56. The van der Waals surface area contributed by atoms with Crippen LogP contribution in [0.1, 0.15) is 34.9 Å². The van der Waals surface area contributed by atoms with Crippen LogP contribution in [0.25, 0.3) is 11.8 Å². The van der Waals surface area contributed by atoms with Gasteiger partial charge in [-0.25, -0.2) is 4.68 Å². The average molecular weight is 400 g/mol. The van der Waals surface area contributed by atoms with E-state index in [2.05, 4.69) is 10.2 Å². The van der Waals surface area contributed by atoms with Gasteiger partial charge in [-0.2, -0.15) is 10.1 Å². The van der Waals surface area contributed by atoms with E-state index in [1.165, 1.54) is 9.69 Å². The first kappa shape index (κ1) is 19.6. The third kappa shape index (κ3) is 3.20. The number of para-hydroxylation sites is 1. The number of hydrazone groups is 1. The summed E-state index contributed by atoms with van der Waals surface area (Å²) < 4.78 is 1.52. The number of aromatic amines is 1. The van der Waals surface area contributed by atoms with Crippen LogP contribution in [0.3, 0.4) is 0 Å². The first-order chi connectivity index (χ1) is 14.3. The van der Waals surface area contributed by atoms with Gasteiger partial charge in [0.1, 0.15) is 0 Å². The van der Waals surface area contributed by atoms with Gasteiger partial charge in [0.15, 0.2) is 0 Å². The molecule has 0 bridgehead atoms. The molecule has 3 aromatic rings. The number of carbonyl (C=O) groups excluding carboxylic acids is 1. The topological polar surface area (TPSA) is 70.5 Å². The number of aromatic nitrogens is 2. The first-order valence-electron chi connectivity index (χ1n) is 9.84. The summed E-state index contributed by atoms with van der Waals surface area (Å²) in [7, 11) is 0. The minimum atomic E-state index is -0.238. The lowest BCUT2D eigenvalue weighted by Gasteiger charge is -2.13. The monoisotopic (exact) mass is 400 g/mol. The van der Waals surface area contributed by atoms with Crippen LogP contribution in [0.4, 0.5) is 5.69 Å². The van der Waals surface area contributed by atoms with Crippen LogP contribution >= 0.6 is 0 Å². The van der Waals surface area contributed by atoms with E-state index in [1.807, 2.05) is 70.2 Å². The maximum atomic E-state index is 13.1. The van der Waals surface area contributed by atoms with Crippen molar-refractivity contribution < 1.29 is 4.79 Å². The summed E-state index contributed by atoms with van der Waals surface area (Å²) in [5.41, 5.74) is 6.69. The number of carbonyl (C=O) groups is 1. The lowest BCUT2D eigenvalue weighted by Crippen LogP contribution is -2.22. The number of rotatable bonds is 3. The molecule has 0 aliphatic carbocycles. The first-order valence-corrected chi connectivity index (χ1v) is 9.84. The molecule has 1 N–H and O–H groups in total. The number of amides is 1. The number of H-pyrrole nitrogens is 1. The summed E-state index contributed by atoms with van der Waals surface area (Å²) in [5.74, 6) is -0.238. The lowest BCUT2D eigenvalue weighted by atomic mass is 10.1. The van der Waals surface area contributed by atoms with Gasteiger partial charge in [-0.3, -0.25) is 14.7 Å². The van der Waals surface area contributed by atoms with Crippen LogP contribution in [0.15, 0.2) is 57.9 Å². The highest BCUT2D eigenvalue weighted by molar-refractivity contribution is 6.32. The van der Waals surface area contributed by atoms with Crippen LogP contribution in [-0.2, 0) is 4.79 Å². The maximum Gasteiger partial charge on any atom is 0.280 e. The zero-order valence-corrected chi connectivity index (χ0v) is 17.8. The Kier molecular flexibility index (Phi) is 4.78. The van der Waals surface area contributed by atoms with E-state index in [0.29, 0.717) is 28.2 Å². The second-order valence-corrected chi connectivity index (χ2v) is 7.71. The van der Waals surface area contributed by atoms with Gasteiger partial charge in [-0.05, 0) is 75.6 Å². The summed E-state index contributed by atoms with van der Waals surface area (Å²) in [6.07, 6.45) is 1.64. The second kappa shape index (κ2) is 7.30. The molecule has 1 aromatic heterocycles. The van der Waals surface area contributed by atoms with Crippen LogP contribution in [0.5, 0.6) is 0 Å². The Morgan fingerprint density at radius 2 is 1.63 bits per heavy atom. The van der Waals surface area contributed by atoms with Gasteiger partial charge < -0.3 is 0 Å². The Morgan fingerprint density at radius 3 is 2.33 bits per heavy atom. The molecule has 0 spiro atoms. The highest BCUT2D eigenvalue weighted by atomic mass is 16.2. The number of aryl methyl sites for hydroxylation is 4. The summed E-state index contributed by atoms with van der Waals surface area (Å²) >= 11 is 0. The van der Waals surface area contributed by atoms with Crippen LogP contribution in [0, 0.1) is 27.7 Å². The minimum absolute atomic E-state index is 0.195. The van der Waals surface area contributed by atoms with Crippen LogP contribution < -0.4 is 10.6 Å². The molecular formula is C24H24N4O2. The number of nitrogens with one attached hydrogen (secondary N) is 1. The van der Waals surface area contributed by atoms with Crippen molar-refractivity contribution >= 4 is 23.4 Å². The van der Waals surface area contributed by atoms with Gasteiger partial charge in [0, 0.05) is 5.69 Å². The van der Waals surface area contributed by atoms with E-state index < -0.39 is 0 Å².